The quantitative estimate of drug-likeness (QED) is 0.0573. The average Bonchev–Trinajstić information content (AvgIpc) is 3.84. The van der Waals surface area contributed by atoms with Crippen LogP contribution in [0.1, 0.15) is 44.9 Å². The highest BCUT2D eigenvalue weighted by molar-refractivity contribution is 7.16. The Hall–Kier alpha value is -4.48. The second-order valence-electron chi connectivity index (χ2n) is 16.0. The van der Waals surface area contributed by atoms with Crippen LogP contribution in [0.25, 0.3) is 21.1 Å². The van der Waals surface area contributed by atoms with E-state index in [0.717, 1.165) is 72.2 Å². The molecule has 4 aromatic heterocycles. The van der Waals surface area contributed by atoms with E-state index in [1.54, 1.807) is 23.5 Å². The zero-order chi connectivity index (χ0) is 40.4. The summed E-state index contributed by atoms with van der Waals surface area (Å²) in [7, 11) is 6.07. The van der Waals surface area contributed by atoms with E-state index in [0.29, 0.717) is 50.2 Å². The van der Waals surface area contributed by atoms with Gasteiger partial charge in [0.25, 0.3) is 0 Å². The molecular weight excluding hydrogens is 780 g/mol. The largest absolute Gasteiger partial charge is 0.490 e. The molecule has 0 bridgehead atoms. The summed E-state index contributed by atoms with van der Waals surface area (Å²) in [5.41, 5.74) is 5.33. The molecule has 16 heteroatoms. The fourth-order valence-electron chi connectivity index (χ4n) is 7.05. The van der Waals surface area contributed by atoms with Gasteiger partial charge in [0.05, 0.1) is 29.5 Å². The highest BCUT2D eigenvalue weighted by Crippen LogP contribution is 2.39. The van der Waals surface area contributed by atoms with Gasteiger partial charge in [0.2, 0.25) is 0 Å². The number of para-hydroxylation sites is 1. The Morgan fingerprint density at radius 3 is 2.67 bits per heavy atom. The summed E-state index contributed by atoms with van der Waals surface area (Å²) in [6.07, 6.45) is 4.77. The Bertz CT molecular complexity index is 2480. The third-order valence-electron chi connectivity index (χ3n) is 10.1. The van der Waals surface area contributed by atoms with E-state index in [4.69, 9.17) is 29.3 Å². The minimum absolute atomic E-state index is 0.205. The van der Waals surface area contributed by atoms with Crippen molar-refractivity contribution in [1.82, 2.24) is 29.2 Å². The number of nitrogens with zero attached hydrogens (tertiary/aromatic N) is 8. The van der Waals surface area contributed by atoms with Gasteiger partial charge < -0.3 is 28.6 Å². The molecule has 1 aliphatic rings. The number of thiazole rings is 2. The summed E-state index contributed by atoms with van der Waals surface area (Å²) < 4.78 is 37.7. The van der Waals surface area contributed by atoms with Gasteiger partial charge in [-0.15, -0.1) is 21.5 Å². The van der Waals surface area contributed by atoms with E-state index in [-0.39, 0.29) is 18.1 Å². The zero-order valence-electron chi connectivity index (χ0n) is 34.0. The number of aryl methyl sites for hydroxylation is 2. The second kappa shape index (κ2) is 17.2. The Labute approximate surface area is 341 Å². The van der Waals surface area contributed by atoms with Gasteiger partial charge in [0, 0.05) is 68.5 Å². The third kappa shape index (κ3) is 8.99. The van der Waals surface area contributed by atoms with Crippen molar-refractivity contribution in [3.63, 3.8) is 0 Å². The van der Waals surface area contributed by atoms with Gasteiger partial charge in [-0.3, -0.25) is 4.57 Å². The number of anilines is 2. The lowest BCUT2D eigenvalue weighted by Crippen LogP contribution is -2.27. The molecule has 0 saturated heterocycles. The molecule has 0 N–H and O–H groups in total. The summed E-state index contributed by atoms with van der Waals surface area (Å²) >= 11 is 3.04. The van der Waals surface area contributed by atoms with Gasteiger partial charge in [-0.2, -0.15) is 4.99 Å². The molecule has 6 aromatic rings. The molecule has 0 fully saturated rings. The van der Waals surface area contributed by atoms with Crippen LogP contribution in [0.3, 0.4) is 0 Å². The number of carbonyl (C=O) groups excluding carboxylic acids is 1. The number of benzene rings is 2. The van der Waals surface area contributed by atoms with Gasteiger partial charge in [-0.25, -0.2) is 14.2 Å². The van der Waals surface area contributed by atoms with E-state index in [2.05, 4.69) is 46.3 Å². The van der Waals surface area contributed by atoms with Crippen LogP contribution in [0, 0.1) is 12.7 Å². The van der Waals surface area contributed by atoms with Crippen molar-refractivity contribution in [2.24, 2.45) is 12.0 Å². The first kappa shape index (κ1) is 40.7. The lowest BCUT2D eigenvalue weighted by Gasteiger charge is -2.28. The fraction of sp³-hybridized carbons (Fsp3) is 0.439. The molecule has 0 spiro atoms. The van der Waals surface area contributed by atoms with E-state index in [1.807, 2.05) is 55.9 Å². The third-order valence-corrected chi connectivity index (χ3v) is 14.0. The number of fused-ring (bicyclic) bond motifs is 3. The van der Waals surface area contributed by atoms with Crippen LogP contribution in [-0.4, -0.2) is 84.2 Å². The number of hydrogen-bond donors (Lipinski definition) is 0. The number of methoxy groups -OCH3 is 1. The maximum atomic E-state index is 15.2. The molecule has 0 radical (unpaired) electrons. The maximum absolute atomic E-state index is 15.2. The smallest absolute Gasteiger partial charge is 0.357 e. The van der Waals surface area contributed by atoms with Gasteiger partial charge in [-0.1, -0.05) is 43.1 Å². The van der Waals surface area contributed by atoms with Crippen LogP contribution in [0.2, 0.25) is 25.7 Å². The normalized spacial score (nSPS) is 13.6. The van der Waals surface area contributed by atoms with Crippen molar-refractivity contribution < 1.29 is 23.4 Å². The molecule has 0 aliphatic carbocycles. The Kier molecular flexibility index (Phi) is 12.3. The number of esters is 1. The van der Waals surface area contributed by atoms with Crippen molar-refractivity contribution >= 4 is 74.6 Å². The van der Waals surface area contributed by atoms with E-state index in [9.17, 15) is 4.79 Å². The molecule has 0 unspecified atom stereocenters. The van der Waals surface area contributed by atoms with Crippen molar-refractivity contribution in [1.29, 1.82) is 0 Å². The number of rotatable bonds is 15. The summed E-state index contributed by atoms with van der Waals surface area (Å²) in [6.45, 7) is 11.9. The van der Waals surface area contributed by atoms with E-state index >= 15 is 4.39 Å². The molecule has 0 saturated carbocycles. The molecule has 5 heterocycles. The van der Waals surface area contributed by atoms with Gasteiger partial charge in [0.15, 0.2) is 38.8 Å². The van der Waals surface area contributed by atoms with Gasteiger partial charge in [-0.05, 0) is 76.5 Å². The zero-order valence-corrected chi connectivity index (χ0v) is 36.7. The molecule has 302 valence electrons. The van der Waals surface area contributed by atoms with Crippen LogP contribution >= 0.6 is 22.7 Å². The highest BCUT2D eigenvalue weighted by Gasteiger charge is 2.29. The van der Waals surface area contributed by atoms with E-state index in [1.165, 1.54) is 18.4 Å². The van der Waals surface area contributed by atoms with Crippen LogP contribution in [0.15, 0.2) is 47.6 Å². The summed E-state index contributed by atoms with van der Waals surface area (Å²) in [6, 6.07) is 12.7. The monoisotopic (exact) mass is 830 g/mol. The van der Waals surface area contributed by atoms with Gasteiger partial charge in [0.1, 0.15) is 6.73 Å². The Balaban J connectivity index is 1.10. The maximum Gasteiger partial charge on any atom is 0.357 e. The molecule has 1 aliphatic heterocycles. The first-order chi connectivity index (χ1) is 27.3. The van der Waals surface area contributed by atoms with Crippen molar-refractivity contribution in [3.8, 4) is 5.75 Å². The summed E-state index contributed by atoms with van der Waals surface area (Å²) in [4.78, 5) is 28.5. The fourth-order valence-corrected chi connectivity index (χ4v) is 9.95. The summed E-state index contributed by atoms with van der Waals surface area (Å²) in [5, 5.41) is 10.9. The molecule has 7 rings (SSSR count). The molecular formula is C41H51FN8O4S2Si. The Morgan fingerprint density at radius 2 is 1.89 bits per heavy atom. The van der Waals surface area contributed by atoms with Crippen LogP contribution < -0.4 is 14.4 Å². The first-order valence-corrected chi connectivity index (χ1v) is 24.6. The molecule has 2 aromatic carbocycles. The first-order valence-electron chi connectivity index (χ1n) is 19.3. The Morgan fingerprint density at radius 1 is 1.09 bits per heavy atom. The molecule has 0 atom stereocenters. The highest BCUT2D eigenvalue weighted by atomic mass is 32.1. The summed E-state index contributed by atoms with van der Waals surface area (Å²) in [5.74, 6) is 0.597. The minimum Gasteiger partial charge on any atom is -0.490 e. The standard InChI is InChI=1S/C41H51FN8O4S2Si/c1-26-28-13-11-17-49(38(28)46-45-37(26)44-41-50(25-53-19-20-57(6,7)8)31-14-9-10-15-34(31)55-41)40-43-36(39(51)52-5)35(56-40)16-12-18-54-33-22-32-29(21-30(33)42)27(23-47(2)3)24-48(32)4/h9-10,14-15,21-22,24H,11-13,16-20,23,25H2,1-8H3. The van der Waals surface area contributed by atoms with Crippen molar-refractivity contribution in [2.75, 3.05) is 45.9 Å². The van der Waals surface area contributed by atoms with Crippen molar-refractivity contribution in [3.05, 3.63) is 80.5 Å². The molecule has 12 nitrogen and oxygen atoms in total. The number of aromatic nitrogens is 5. The number of hydrogen-bond acceptors (Lipinski definition) is 12. The van der Waals surface area contributed by atoms with E-state index < -0.39 is 19.9 Å². The number of ether oxygens (including phenoxy) is 3. The van der Waals surface area contributed by atoms with Gasteiger partial charge >= 0.3 is 5.97 Å². The second-order valence-corrected chi connectivity index (χ2v) is 23.7. The minimum atomic E-state index is -1.22. The average molecular weight is 831 g/mol. The predicted octanol–water partition coefficient (Wildman–Crippen LogP) is 8.38. The lowest BCUT2D eigenvalue weighted by atomic mass is 10.0. The molecule has 0 amide bonds. The topological polar surface area (TPSA) is 112 Å². The van der Waals surface area contributed by atoms with Crippen LogP contribution in [0.5, 0.6) is 5.75 Å². The van der Waals surface area contributed by atoms with Crippen molar-refractivity contribution in [2.45, 2.75) is 71.6 Å². The number of carbonyl (C=O) groups is 1. The van der Waals surface area contributed by atoms with Crippen LogP contribution in [0.4, 0.5) is 21.2 Å². The lowest BCUT2D eigenvalue weighted by molar-refractivity contribution is 0.0593. The van der Waals surface area contributed by atoms with Crippen LogP contribution in [-0.2, 0) is 42.6 Å². The molecule has 57 heavy (non-hydrogen) atoms. The predicted molar refractivity (Wildman–Crippen MR) is 229 cm³/mol. The number of halogens is 1. The SMILES string of the molecule is COC(=O)c1nc(N2CCCc3c2nnc(N=c2sc4ccccc4n2COCC[Si](C)(C)C)c3C)sc1CCCOc1cc2c(cc1F)c(CN(C)C)cn2C.